The molecule has 6 nitrogen and oxygen atoms in total. The SMILES string of the molecule is CC(C)(C)NC(=O)CN1CCC[C@@H](n2c(=O)oc3ccc(Cl)cc32)C1. The Morgan fingerprint density at radius 2 is 2.16 bits per heavy atom. The van der Waals surface area contributed by atoms with Crippen LogP contribution >= 0.6 is 11.6 Å². The standard InChI is InChI=1S/C18H24ClN3O3/c1-18(2,3)20-16(23)11-21-8-4-5-13(10-21)22-14-9-12(19)6-7-15(14)25-17(22)24/h6-7,9,13H,4-5,8,10-11H2,1-3H3,(H,20,23)/t13-/m1/s1. The topological polar surface area (TPSA) is 67.5 Å². The molecule has 3 rings (SSSR count). The molecule has 1 saturated heterocycles. The average Bonchev–Trinajstić information content (AvgIpc) is 2.80. The van der Waals surface area contributed by atoms with Crippen molar-refractivity contribution >= 4 is 28.6 Å². The van der Waals surface area contributed by atoms with Gasteiger partial charge in [-0.05, 0) is 58.4 Å². The third-order valence-corrected chi connectivity index (χ3v) is 4.54. The maximum atomic E-state index is 12.3. The molecule has 0 saturated carbocycles. The van der Waals surface area contributed by atoms with E-state index >= 15 is 0 Å². The molecule has 136 valence electrons. The number of hydrogen-bond acceptors (Lipinski definition) is 4. The smallest absolute Gasteiger partial charge is 0.408 e. The van der Waals surface area contributed by atoms with Crippen LogP contribution in [0.1, 0.15) is 39.7 Å². The van der Waals surface area contributed by atoms with E-state index in [1.165, 1.54) is 0 Å². The summed E-state index contributed by atoms with van der Waals surface area (Å²) in [4.78, 5) is 26.6. The third-order valence-electron chi connectivity index (χ3n) is 4.30. The second-order valence-corrected chi connectivity index (χ2v) is 8.12. The maximum absolute atomic E-state index is 12.3. The molecule has 1 atom stereocenters. The van der Waals surface area contributed by atoms with Crippen LogP contribution in [0.3, 0.4) is 0 Å². The molecule has 7 heteroatoms. The fraction of sp³-hybridized carbons (Fsp3) is 0.556. The summed E-state index contributed by atoms with van der Waals surface area (Å²) in [6.07, 6.45) is 1.80. The van der Waals surface area contributed by atoms with E-state index in [4.69, 9.17) is 16.0 Å². The van der Waals surface area contributed by atoms with Gasteiger partial charge in [-0.2, -0.15) is 0 Å². The van der Waals surface area contributed by atoms with Crippen molar-refractivity contribution in [2.45, 2.75) is 45.2 Å². The van der Waals surface area contributed by atoms with E-state index in [1.54, 1.807) is 22.8 Å². The molecule has 2 heterocycles. The molecule has 0 aliphatic carbocycles. The number of benzene rings is 1. The van der Waals surface area contributed by atoms with Crippen LogP contribution in [0.5, 0.6) is 0 Å². The number of likely N-dealkylation sites (tertiary alicyclic amines) is 1. The predicted octanol–water partition coefficient (Wildman–Crippen LogP) is 2.80. The van der Waals surface area contributed by atoms with Crippen LogP contribution in [0.15, 0.2) is 27.4 Å². The minimum absolute atomic E-state index is 0.000549. The number of amides is 1. The molecule has 0 unspecified atom stereocenters. The van der Waals surface area contributed by atoms with Gasteiger partial charge in [0.1, 0.15) is 0 Å². The molecule has 0 spiro atoms. The van der Waals surface area contributed by atoms with Gasteiger partial charge in [-0.25, -0.2) is 4.79 Å². The molecule has 1 aliphatic rings. The van der Waals surface area contributed by atoms with Crippen molar-refractivity contribution in [3.05, 3.63) is 33.8 Å². The Balaban J connectivity index is 1.78. The first kappa shape index (κ1) is 18.0. The molecule has 1 amide bonds. The fourth-order valence-electron chi connectivity index (χ4n) is 3.40. The fourth-order valence-corrected chi connectivity index (χ4v) is 3.57. The monoisotopic (exact) mass is 365 g/mol. The Hall–Kier alpha value is -1.79. The predicted molar refractivity (Wildman–Crippen MR) is 98.1 cm³/mol. The van der Waals surface area contributed by atoms with Crippen LogP contribution in [0.25, 0.3) is 11.1 Å². The molecule has 1 aromatic carbocycles. The lowest BCUT2D eigenvalue weighted by molar-refractivity contribution is -0.124. The minimum atomic E-state index is -0.372. The highest BCUT2D eigenvalue weighted by molar-refractivity contribution is 6.31. The van der Waals surface area contributed by atoms with Crippen LogP contribution in [0.2, 0.25) is 5.02 Å². The zero-order valence-corrected chi connectivity index (χ0v) is 15.6. The maximum Gasteiger partial charge on any atom is 0.420 e. The van der Waals surface area contributed by atoms with Crippen LogP contribution in [0, 0.1) is 0 Å². The van der Waals surface area contributed by atoms with Gasteiger partial charge in [-0.1, -0.05) is 11.6 Å². The Morgan fingerprint density at radius 1 is 1.40 bits per heavy atom. The molecule has 0 bridgehead atoms. The van der Waals surface area contributed by atoms with Gasteiger partial charge in [0.25, 0.3) is 0 Å². The lowest BCUT2D eigenvalue weighted by Crippen LogP contribution is -2.48. The van der Waals surface area contributed by atoms with Crippen molar-refractivity contribution in [2.75, 3.05) is 19.6 Å². The zero-order chi connectivity index (χ0) is 18.2. The average molecular weight is 366 g/mol. The molecule has 1 N–H and O–H groups in total. The highest BCUT2D eigenvalue weighted by atomic mass is 35.5. The van der Waals surface area contributed by atoms with Crippen molar-refractivity contribution in [2.24, 2.45) is 0 Å². The lowest BCUT2D eigenvalue weighted by Gasteiger charge is -2.33. The summed E-state index contributed by atoms with van der Waals surface area (Å²) in [6, 6.07) is 5.16. The number of aromatic nitrogens is 1. The summed E-state index contributed by atoms with van der Waals surface area (Å²) in [5.74, 6) is -0.371. The van der Waals surface area contributed by atoms with Crippen molar-refractivity contribution < 1.29 is 9.21 Å². The summed E-state index contributed by atoms with van der Waals surface area (Å²) >= 11 is 6.08. The van der Waals surface area contributed by atoms with Gasteiger partial charge < -0.3 is 9.73 Å². The van der Waals surface area contributed by atoms with Gasteiger partial charge in [0.15, 0.2) is 5.58 Å². The number of hydrogen-bond donors (Lipinski definition) is 1. The van der Waals surface area contributed by atoms with E-state index in [1.807, 2.05) is 20.8 Å². The second kappa shape index (κ2) is 6.84. The zero-order valence-electron chi connectivity index (χ0n) is 14.8. The number of piperidine rings is 1. The molecule has 1 fully saturated rings. The summed E-state index contributed by atoms with van der Waals surface area (Å²) in [5.41, 5.74) is 1.00. The number of rotatable bonds is 3. The van der Waals surface area contributed by atoms with Gasteiger partial charge in [0.2, 0.25) is 5.91 Å². The van der Waals surface area contributed by atoms with Crippen LogP contribution in [-0.4, -0.2) is 40.5 Å². The lowest BCUT2D eigenvalue weighted by atomic mass is 10.0. The first-order valence-electron chi connectivity index (χ1n) is 8.57. The Kier molecular flexibility index (Phi) is 4.93. The largest absolute Gasteiger partial charge is 0.420 e. The van der Waals surface area contributed by atoms with Crippen molar-refractivity contribution in [3.63, 3.8) is 0 Å². The third kappa shape index (κ3) is 4.25. The second-order valence-electron chi connectivity index (χ2n) is 7.68. The number of nitrogens with one attached hydrogen (secondary N) is 1. The van der Waals surface area contributed by atoms with Crippen LogP contribution < -0.4 is 11.1 Å². The number of carbonyl (C=O) groups is 1. The summed E-state index contributed by atoms with van der Waals surface area (Å²) in [5, 5.41) is 3.55. The number of carbonyl (C=O) groups excluding carboxylic acids is 1. The molecule has 25 heavy (non-hydrogen) atoms. The van der Waals surface area contributed by atoms with E-state index in [0.29, 0.717) is 29.2 Å². The van der Waals surface area contributed by atoms with Gasteiger partial charge >= 0.3 is 5.76 Å². The van der Waals surface area contributed by atoms with E-state index in [0.717, 1.165) is 19.4 Å². The van der Waals surface area contributed by atoms with Crippen molar-refractivity contribution in [3.8, 4) is 0 Å². The van der Waals surface area contributed by atoms with E-state index in [9.17, 15) is 9.59 Å². The molecule has 1 aromatic heterocycles. The summed E-state index contributed by atoms with van der Waals surface area (Å²) in [6.45, 7) is 7.71. The first-order valence-corrected chi connectivity index (χ1v) is 8.95. The van der Waals surface area contributed by atoms with Gasteiger partial charge in [-0.3, -0.25) is 14.3 Å². The van der Waals surface area contributed by atoms with E-state index < -0.39 is 0 Å². The number of nitrogens with zero attached hydrogens (tertiary/aromatic N) is 2. The molecule has 2 aromatic rings. The molecule has 1 aliphatic heterocycles. The Labute approximate surface area is 151 Å². The number of oxazole rings is 1. The van der Waals surface area contributed by atoms with Gasteiger partial charge in [0.05, 0.1) is 18.1 Å². The highest BCUT2D eigenvalue weighted by Crippen LogP contribution is 2.26. The quantitative estimate of drug-likeness (QED) is 0.908. The first-order chi connectivity index (χ1) is 11.7. The number of halogens is 1. The van der Waals surface area contributed by atoms with Crippen molar-refractivity contribution in [1.82, 2.24) is 14.8 Å². The summed E-state index contributed by atoms with van der Waals surface area (Å²) < 4.78 is 7.02. The molecular formula is C18H24ClN3O3. The van der Waals surface area contributed by atoms with Gasteiger partial charge in [0, 0.05) is 17.1 Å². The van der Waals surface area contributed by atoms with Crippen molar-refractivity contribution in [1.29, 1.82) is 0 Å². The molecule has 0 radical (unpaired) electrons. The van der Waals surface area contributed by atoms with Crippen LogP contribution in [0.4, 0.5) is 0 Å². The Bertz CT molecular complexity index is 834. The Morgan fingerprint density at radius 3 is 2.88 bits per heavy atom. The van der Waals surface area contributed by atoms with Crippen LogP contribution in [-0.2, 0) is 4.79 Å². The van der Waals surface area contributed by atoms with E-state index in [2.05, 4.69) is 10.2 Å². The van der Waals surface area contributed by atoms with Gasteiger partial charge in [-0.15, -0.1) is 0 Å². The molecular weight excluding hydrogens is 342 g/mol. The highest BCUT2D eigenvalue weighted by Gasteiger charge is 2.27. The summed E-state index contributed by atoms with van der Waals surface area (Å²) in [7, 11) is 0. The minimum Gasteiger partial charge on any atom is -0.408 e. The number of fused-ring (bicyclic) bond motifs is 1. The van der Waals surface area contributed by atoms with E-state index in [-0.39, 0.29) is 23.2 Å². The normalized spacial score (nSPS) is 19.3.